The zero-order chi connectivity index (χ0) is 20.5. The third kappa shape index (κ3) is 4.60. The van der Waals surface area contributed by atoms with Gasteiger partial charge >= 0.3 is 12.1 Å². The topological polar surface area (TPSA) is 53.0 Å². The molecule has 0 saturated carbocycles. The predicted octanol–water partition coefficient (Wildman–Crippen LogP) is 3.51. The number of benzene rings is 1. The molecule has 2 aliphatic heterocycles. The lowest BCUT2D eigenvalue weighted by Crippen LogP contribution is -2.31. The van der Waals surface area contributed by atoms with Crippen molar-refractivity contribution in [3.8, 4) is 5.75 Å². The highest BCUT2D eigenvalue weighted by molar-refractivity contribution is 5.91. The molecule has 156 valence electrons. The first-order valence-electron chi connectivity index (χ1n) is 9.67. The third-order valence-electron chi connectivity index (χ3n) is 5.94. The lowest BCUT2D eigenvalue weighted by Gasteiger charge is -2.25. The second kappa shape index (κ2) is 8.29. The molecule has 0 spiro atoms. The standard InChI is InChI=1S/C20H27F3N2O3/c1-24-7-3-5-15(24)10-13-9-14(20(21,22)23)11-17(19(26)27)18(13)28-12-16-6-4-8-25(16)2/h9,11,15-16H,3-8,10,12H2,1-2H3,(H,26,27)/t15-,16-/m0/s1. The van der Waals surface area contributed by atoms with Gasteiger partial charge in [0.25, 0.3) is 0 Å². The van der Waals surface area contributed by atoms with Crippen LogP contribution in [0.3, 0.4) is 0 Å². The number of halogens is 3. The fourth-order valence-electron chi connectivity index (χ4n) is 4.19. The molecule has 0 aliphatic carbocycles. The first-order valence-corrected chi connectivity index (χ1v) is 9.67. The van der Waals surface area contributed by atoms with Crippen LogP contribution in [0.25, 0.3) is 0 Å². The molecule has 0 amide bonds. The average Bonchev–Trinajstić information content (AvgIpc) is 3.20. The number of carboxylic acids is 1. The summed E-state index contributed by atoms with van der Waals surface area (Å²) in [5.74, 6) is -1.32. The number of aromatic carboxylic acids is 1. The SMILES string of the molecule is CN1CCC[C@H]1COc1c(C[C@@H]2CCCN2C)cc(C(F)(F)F)cc1C(=O)O. The average molecular weight is 400 g/mol. The first-order chi connectivity index (χ1) is 13.2. The molecule has 2 heterocycles. The Hall–Kier alpha value is -1.80. The number of carboxylic acid groups (broad SMARTS) is 1. The number of alkyl halides is 3. The molecule has 0 aromatic heterocycles. The van der Waals surface area contributed by atoms with E-state index in [1.165, 1.54) is 0 Å². The van der Waals surface area contributed by atoms with Gasteiger partial charge in [0.15, 0.2) is 0 Å². The van der Waals surface area contributed by atoms with E-state index in [-0.39, 0.29) is 24.4 Å². The summed E-state index contributed by atoms with van der Waals surface area (Å²) >= 11 is 0. The van der Waals surface area contributed by atoms with Crippen molar-refractivity contribution in [3.05, 3.63) is 28.8 Å². The number of carbonyl (C=O) groups is 1. The summed E-state index contributed by atoms with van der Waals surface area (Å²) in [6.45, 7) is 2.10. The molecular weight excluding hydrogens is 373 g/mol. The molecule has 1 aromatic carbocycles. The minimum Gasteiger partial charge on any atom is -0.491 e. The van der Waals surface area contributed by atoms with Gasteiger partial charge in [-0.25, -0.2) is 4.79 Å². The van der Waals surface area contributed by atoms with Crippen LogP contribution in [0.2, 0.25) is 0 Å². The molecular formula is C20H27F3N2O3. The van der Waals surface area contributed by atoms with Crippen molar-refractivity contribution < 1.29 is 27.8 Å². The van der Waals surface area contributed by atoms with Gasteiger partial charge in [-0.3, -0.25) is 0 Å². The fourth-order valence-corrected chi connectivity index (χ4v) is 4.19. The molecule has 5 nitrogen and oxygen atoms in total. The smallest absolute Gasteiger partial charge is 0.416 e. The highest BCUT2D eigenvalue weighted by Gasteiger charge is 2.35. The Morgan fingerprint density at radius 3 is 2.25 bits per heavy atom. The molecule has 2 atom stereocenters. The quantitative estimate of drug-likeness (QED) is 0.792. The molecule has 2 saturated heterocycles. The number of rotatable bonds is 6. The molecule has 0 unspecified atom stereocenters. The van der Waals surface area contributed by atoms with E-state index < -0.39 is 23.3 Å². The summed E-state index contributed by atoms with van der Waals surface area (Å²) in [7, 11) is 3.91. The van der Waals surface area contributed by atoms with Gasteiger partial charge in [-0.1, -0.05) is 0 Å². The summed E-state index contributed by atoms with van der Waals surface area (Å²) in [5.41, 5.74) is -1.02. The maximum Gasteiger partial charge on any atom is 0.416 e. The predicted molar refractivity (Wildman–Crippen MR) is 98.9 cm³/mol. The van der Waals surface area contributed by atoms with Crippen molar-refractivity contribution in [1.82, 2.24) is 9.80 Å². The number of likely N-dealkylation sites (tertiary alicyclic amines) is 2. The molecule has 28 heavy (non-hydrogen) atoms. The van der Waals surface area contributed by atoms with Gasteiger partial charge in [0.05, 0.1) is 5.56 Å². The number of ether oxygens (including phenoxy) is 1. The fraction of sp³-hybridized carbons (Fsp3) is 0.650. The van der Waals surface area contributed by atoms with E-state index >= 15 is 0 Å². The lowest BCUT2D eigenvalue weighted by molar-refractivity contribution is -0.137. The highest BCUT2D eigenvalue weighted by atomic mass is 19.4. The van der Waals surface area contributed by atoms with Gasteiger partial charge < -0.3 is 19.6 Å². The van der Waals surface area contributed by atoms with Crippen LogP contribution in [0.4, 0.5) is 13.2 Å². The van der Waals surface area contributed by atoms with Crippen LogP contribution in [-0.4, -0.2) is 66.8 Å². The van der Waals surface area contributed by atoms with Crippen molar-refractivity contribution in [2.24, 2.45) is 0 Å². The maximum atomic E-state index is 13.4. The van der Waals surface area contributed by atoms with Gasteiger partial charge in [-0.2, -0.15) is 13.2 Å². The summed E-state index contributed by atoms with van der Waals surface area (Å²) in [4.78, 5) is 16.0. The molecule has 1 aromatic rings. The van der Waals surface area contributed by atoms with Crippen LogP contribution in [0, 0.1) is 0 Å². The monoisotopic (exact) mass is 400 g/mol. The summed E-state index contributed by atoms with van der Waals surface area (Å²) in [6.07, 6.45) is -0.445. The maximum absolute atomic E-state index is 13.4. The molecule has 1 N–H and O–H groups in total. The highest BCUT2D eigenvalue weighted by Crippen LogP contribution is 2.37. The number of hydrogen-bond donors (Lipinski definition) is 1. The Balaban J connectivity index is 1.96. The number of hydrogen-bond acceptors (Lipinski definition) is 4. The summed E-state index contributed by atoms with van der Waals surface area (Å²) in [5, 5.41) is 9.57. The van der Waals surface area contributed by atoms with E-state index in [1.54, 1.807) is 0 Å². The van der Waals surface area contributed by atoms with E-state index in [0.29, 0.717) is 18.1 Å². The molecule has 0 bridgehead atoms. The van der Waals surface area contributed by atoms with Crippen LogP contribution in [-0.2, 0) is 12.6 Å². The first kappa shape index (κ1) is 20.9. The summed E-state index contributed by atoms with van der Waals surface area (Å²) in [6, 6.07) is 1.98. The van der Waals surface area contributed by atoms with Crippen LogP contribution < -0.4 is 4.74 Å². The molecule has 2 fully saturated rings. The zero-order valence-electron chi connectivity index (χ0n) is 16.3. The lowest BCUT2D eigenvalue weighted by atomic mass is 9.97. The van der Waals surface area contributed by atoms with Crippen molar-refractivity contribution in [3.63, 3.8) is 0 Å². The number of likely N-dealkylation sites (N-methyl/N-ethyl adjacent to an activating group) is 2. The van der Waals surface area contributed by atoms with Crippen molar-refractivity contribution in [2.75, 3.05) is 33.8 Å². The number of nitrogens with zero attached hydrogens (tertiary/aromatic N) is 2. The third-order valence-corrected chi connectivity index (χ3v) is 5.94. The van der Waals surface area contributed by atoms with Gasteiger partial charge in [-0.05, 0) is 77.0 Å². The van der Waals surface area contributed by atoms with E-state index in [2.05, 4.69) is 9.80 Å². The van der Waals surface area contributed by atoms with Crippen LogP contribution in [0.1, 0.15) is 47.2 Å². The largest absolute Gasteiger partial charge is 0.491 e. The summed E-state index contributed by atoms with van der Waals surface area (Å²) < 4.78 is 46.0. The molecule has 8 heteroatoms. The Morgan fingerprint density at radius 1 is 1.14 bits per heavy atom. The van der Waals surface area contributed by atoms with Crippen molar-refractivity contribution in [1.29, 1.82) is 0 Å². The van der Waals surface area contributed by atoms with Crippen LogP contribution in [0.5, 0.6) is 5.75 Å². The second-order valence-electron chi connectivity index (χ2n) is 7.88. The Labute approximate surface area is 163 Å². The van der Waals surface area contributed by atoms with Gasteiger partial charge in [0, 0.05) is 12.1 Å². The van der Waals surface area contributed by atoms with Gasteiger partial charge in [-0.15, -0.1) is 0 Å². The van der Waals surface area contributed by atoms with Crippen molar-refractivity contribution in [2.45, 2.75) is 50.4 Å². The van der Waals surface area contributed by atoms with Crippen molar-refractivity contribution >= 4 is 5.97 Å². The normalized spacial score (nSPS) is 24.0. The Bertz CT molecular complexity index is 723. The Kier molecular flexibility index (Phi) is 6.19. The second-order valence-corrected chi connectivity index (χ2v) is 7.88. The van der Waals surface area contributed by atoms with Gasteiger partial charge in [0.1, 0.15) is 17.9 Å². The molecule has 0 radical (unpaired) electrons. The van der Waals surface area contributed by atoms with E-state index in [9.17, 15) is 23.1 Å². The zero-order valence-corrected chi connectivity index (χ0v) is 16.3. The molecule has 3 rings (SSSR count). The minimum absolute atomic E-state index is 0.0844. The van der Waals surface area contributed by atoms with Gasteiger partial charge in [0.2, 0.25) is 0 Å². The Morgan fingerprint density at radius 2 is 1.75 bits per heavy atom. The molecule has 2 aliphatic rings. The van der Waals surface area contributed by atoms with E-state index in [4.69, 9.17) is 4.74 Å². The van der Waals surface area contributed by atoms with E-state index in [1.807, 2.05) is 14.1 Å². The minimum atomic E-state index is -4.61. The van der Waals surface area contributed by atoms with Crippen LogP contribution in [0.15, 0.2) is 12.1 Å². The van der Waals surface area contributed by atoms with Crippen LogP contribution >= 0.6 is 0 Å². The van der Waals surface area contributed by atoms with E-state index in [0.717, 1.165) is 44.8 Å².